The van der Waals surface area contributed by atoms with Gasteiger partial charge in [-0.05, 0) is 214 Å². The van der Waals surface area contributed by atoms with Gasteiger partial charge in [-0.2, -0.15) is 0 Å². The van der Waals surface area contributed by atoms with Crippen molar-refractivity contribution in [2.24, 2.45) is 5.73 Å². The fourth-order valence-corrected chi connectivity index (χ4v) is 16.2. The lowest BCUT2D eigenvalue weighted by Crippen LogP contribution is -2.54. The number of phenols is 2. The molecule has 7 saturated heterocycles. The van der Waals surface area contributed by atoms with E-state index in [2.05, 4.69) is 117 Å². The van der Waals surface area contributed by atoms with Gasteiger partial charge in [0, 0.05) is 150 Å². The number of anilines is 6. The molecular formula is C88H116BBrN18O10. The molecule has 5 aromatic heterocycles. The molecule has 0 spiro atoms. The number of rotatable bonds is 26. The maximum absolute atomic E-state index is 12.2. The number of esters is 2. The summed E-state index contributed by atoms with van der Waals surface area (Å²) in [4.78, 5) is 60.6. The molecule has 4 atom stereocenters. The van der Waals surface area contributed by atoms with Crippen molar-refractivity contribution in [1.29, 1.82) is 10.8 Å². The number of phenolic OH excluding ortho intramolecular Hbond substituents is 2. The van der Waals surface area contributed by atoms with E-state index in [0.717, 1.165) is 161 Å². The van der Waals surface area contributed by atoms with E-state index < -0.39 is 11.2 Å². The predicted molar refractivity (Wildman–Crippen MR) is 468 cm³/mol. The SMILES string of the molecule is CC(C)(C)OC(=O)CN1CCN(c2ccc(CCOC/C=C/B3OC(C)(C)C(C)(C)O3)cn2)CC1.CC(C)(C)OC(=O)CN1CCN(c2ccc(CCOC/C=C/c3cc(N4C5CCC4CN(c4cc(-c6ccccc6O)nnc4N)C5)ccn3)cn2)CC1.N=C(N)/C(=C\C(=N)c1ccccc1O)N1CC2CCC(C1)N2c1ccnc(Br)c1. The van der Waals surface area contributed by atoms with E-state index in [9.17, 15) is 19.8 Å². The third kappa shape index (κ3) is 23.7. The van der Waals surface area contributed by atoms with Crippen molar-refractivity contribution in [3.05, 3.63) is 185 Å². The number of carbonyl (C=O) groups excluding carboxylic acids is 2. The van der Waals surface area contributed by atoms with Gasteiger partial charge in [0.15, 0.2) is 5.82 Å². The molecule has 7 aliphatic rings. The zero-order chi connectivity index (χ0) is 83.9. The van der Waals surface area contributed by atoms with Crippen LogP contribution in [0.2, 0.25) is 0 Å². The second-order valence-electron chi connectivity index (χ2n) is 33.9. The number of nitrogens with one attached hydrogen (secondary N) is 2. The van der Waals surface area contributed by atoms with Crippen LogP contribution in [0.4, 0.5) is 34.5 Å². The first-order valence-electron chi connectivity index (χ1n) is 41.0. The lowest BCUT2D eigenvalue weighted by Gasteiger charge is -2.44. The van der Waals surface area contributed by atoms with Gasteiger partial charge < -0.3 is 84.7 Å². The van der Waals surface area contributed by atoms with Crippen LogP contribution in [0.3, 0.4) is 0 Å². The van der Waals surface area contributed by atoms with Crippen LogP contribution >= 0.6 is 15.9 Å². The molecule has 28 nitrogen and oxygen atoms in total. The maximum atomic E-state index is 12.2. The van der Waals surface area contributed by atoms with Crippen LogP contribution in [0.15, 0.2) is 162 Å². The number of nitrogen functional groups attached to an aromatic ring is 1. The highest BCUT2D eigenvalue weighted by atomic mass is 79.9. The van der Waals surface area contributed by atoms with Crippen molar-refractivity contribution < 1.29 is 48.1 Å². The first kappa shape index (κ1) is 87.2. The Morgan fingerprint density at radius 2 is 1.11 bits per heavy atom. The summed E-state index contributed by atoms with van der Waals surface area (Å²) in [6, 6.07) is 33.8. The Morgan fingerprint density at radius 1 is 0.610 bits per heavy atom. The topological polar surface area (TPSA) is 333 Å². The fraction of sp³-hybridized carbons (Fsp3) is 0.477. The van der Waals surface area contributed by atoms with Crippen molar-refractivity contribution in [1.82, 2.24) is 44.8 Å². The minimum atomic E-state index is -0.462. The van der Waals surface area contributed by atoms with E-state index in [4.69, 9.17) is 55.5 Å². The number of nitrogens with zero attached hydrogens (tertiary/aromatic N) is 14. The molecule has 2 aromatic carbocycles. The van der Waals surface area contributed by atoms with Crippen molar-refractivity contribution in [2.45, 2.75) is 154 Å². The van der Waals surface area contributed by atoms with Crippen LogP contribution in [0.5, 0.6) is 11.5 Å². The summed E-state index contributed by atoms with van der Waals surface area (Å²) in [5, 5.41) is 45.4. The molecule has 118 heavy (non-hydrogen) atoms. The summed E-state index contributed by atoms with van der Waals surface area (Å²) in [5.41, 5.74) is 19.4. The molecule has 7 aliphatic heterocycles. The lowest BCUT2D eigenvalue weighted by atomic mass is 9.90. The summed E-state index contributed by atoms with van der Waals surface area (Å²) >= 11 is 3.45. The number of likely N-dealkylation sites (tertiary alicyclic amines) is 1. The predicted octanol–water partition coefficient (Wildman–Crippen LogP) is 11.2. The molecule has 0 aliphatic carbocycles. The average molecular weight is 1680 g/mol. The molecule has 14 rings (SSSR count). The number of halogens is 1. The van der Waals surface area contributed by atoms with Crippen LogP contribution in [-0.2, 0) is 50.7 Å². The third-order valence-electron chi connectivity index (χ3n) is 22.4. The number of benzene rings is 2. The van der Waals surface area contributed by atoms with E-state index in [-0.39, 0.29) is 53.3 Å². The standard InChI is InChI=1S/C41H51N9O4.C26H42BN3O5.C21H23BrN6O/c1-41(2,3)54-39(52)28-47-17-19-48(20-18-47)38-13-10-29(25-44-38)15-22-53-21-6-7-30-23-31(14-16-43-30)50-32-11-12-33(50)27-49(26-32)36-24-35(45-46-40(36)42)34-8-4-5-9-37(34)51;1-24(2,3)33-23(31)20-29-13-15-30(16-14-29)22-10-9-21(19-28-22)11-18-32-17-8-12-27-34-25(4,5)26(6,7)35-27;22-20-9-13(7-8-26-20)28-14-5-6-15(28)12-27(11-14)18(21(24)25)10-17(23)16-3-1-2-4-19(16)29/h4-10,13-14,16,23-25,32-33,51H,11-12,15,17-22,26-28H2,1-3H3,(H2,42,46);8-10,12,19H,11,13-18,20H2,1-7H3;1-4,7-10,14-15,23,29H,5-6,11-12H2,(H3,24,25)/b7-6+;12-8+;18-10+,23-17?. The van der Waals surface area contributed by atoms with Crippen molar-refractivity contribution in [3.63, 3.8) is 0 Å². The number of hydrogen-bond donors (Lipinski definition) is 6. The normalized spacial score (nSPS) is 20.1. The number of fused-ring (bicyclic) bond motifs is 4. The zero-order valence-corrected chi connectivity index (χ0v) is 71.4. The van der Waals surface area contributed by atoms with Gasteiger partial charge in [-0.1, -0.05) is 54.5 Å². The zero-order valence-electron chi connectivity index (χ0n) is 69.8. The van der Waals surface area contributed by atoms with E-state index in [1.165, 1.54) is 5.69 Å². The van der Waals surface area contributed by atoms with Gasteiger partial charge in [-0.15, -0.1) is 10.2 Å². The van der Waals surface area contributed by atoms with Crippen molar-refractivity contribution >= 4 is 87.1 Å². The molecule has 8 N–H and O–H groups in total. The minimum absolute atomic E-state index is 0.0461. The Morgan fingerprint density at radius 3 is 1.61 bits per heavy atom. The van der Waals surface area contributed by atoms with Crippen LogP contribution in [0.25, 0.3) is 17.3 Å². The molecule has 7 aromatic rings. The molecule has 0 radical (unpaired) electrons. The highest BCUT2D eigenvalue weighted by Gasteiger charge is 2.50. The van der Waals surface area contributed by atoms with Gasteiger partial charge in [-0.3, -0.25) is 29.8 Å². The number of ether oxygens (including phenoxy) is 4. The highest BCUT2D eigenvalue weighted by molar-refractivity contribution is 9.10. The molecule has 4 bridgehead atoms. The number of aromatic nitrogens is 6. The van der Waals surface area contributed by atoms with Crippen LogP contribution in [0, 0.1) is 10.8 Å². The van der Waals surface area contributed by atoms with Gasteiger partial charge in [0.2, 0.25) is 0 Å². The Bertz CT molecular complexity index is 4620. The summed E-state index contributed by atoms with van der Waals surface area (Å²) in [6.07, 6.45) is 21.1. The van der Waals surface area contributed by atoms with Gasteiger partial charge in [0.1, 0.15) is 44.8 Å². The number of piperazine rings is 4. The molecule has 30 heteroatoms. The van der Waals surface area contributed by atoms with Crippen LogP contribution in [0.1, 0.15) is 117 Å². The maximum Gasteiger partial charge on any atom is 0.486 e. The van der Waals surface area contributed by atoms with E-state index in [0.29, 0.717) is 92.0 Å². The number of nitrogens with two attached hydrogens (primary N) is 2. The Balaban J connectivity index is 0.000000173. The molecule has 7 fully saturated rings. The van der Waals surface area contributed by atoms with E-state index in [1.54, 1.807) is 48.7 Å². The molecule has 0 saturated carbocycles. The molecule has 12 heterocycles. The summed E-state index contributed by atoms with van der Waals surface area (Å²) in [6.45, 7) is 32.1. The van der Waals surface area contributed by atoms with E-state index >= 15 is 0 Å². The van der Waals surface area contributed by atoms with Crippen molar-refractivity contribution in [2.75, 3.05) is 148 Å². The smallest absolute Gasteiger partial charge is 0.486 e. The lowest BCUT2D eigenvalue weighted by molar-refractivity contribution is -0.157. The number of pyridine rings is 4. The van der Waals surface area contributed by atoms with Crippen molar-refractivity contribution in [3.8, 4) is 22.8 Å². The molecule has 4 unspecified atom stereocenters. The Kier molecular flexibility index (Phi) is 29.0. The first-order valence-corrected chi connectivity index (χ1v) is 41.8. The second-order valence-corrected chi connectivity index (χ2v) is 34.7. The largest absolute Gasteiger partial charge is 0.507 e. The number of allylic oxidation sites excluding steroid dienone is 1. The quantitative estimate of drug-likeness (QED) is 0.00732. The number of para-hydroxylation sites is 2. The number of aromatic hydroxyl groups is 2. The van der Waals surface area contributed by atoms with Crippen LogP contribution in [-0.4, -0.2) is 250 Å². The monoisotopic (exact) mass is 1670 g/mol. The van der Waals surface area contributed by atoms with E-state index in [1.807, 2.05) is 142 Å². The molecule has 0 amide bonds. The molecule has 628 valence electrons. The Labute approximate surface area is 702 Å². The summed E-state index contributed by atoms with van der Waals surface area (Å²) in [7, 11) is -0.334. The highest BCUT2D eigenvalue weighted by Crippen LogP contribution is 2.42. The Hall–Kier alpha value is -10.1. The van der Waals surface area contributed by atoms with Gasteiger partial charge >= 0.3 is 19.1 Å². The second kappa shape index (κ2) is 39.2. The number of carbonyl (C=O) groups is 2. The number of amidine groups is 1. The average Bonchev–Trinajstić information content (AvgIpc) is 1.61. The molecular weight excluding hydrogens is 1560 g/mol. The fourth-order valence-electron chi connectivity index (χ4n) is 15.9. The number of hydrogen-bond acceptors (Lipinski definition) is 27. The summed E-state index contributed by atoms with van der Waals surface area (Å²) in [5.74, 6) is 4.05. The minimum Gasteiger partial charge on any atom is -0.507 e. The third-order valence-corrected chi connectivity index (χ3v) is 22.8. The van der Waals surface area contributed by atoms with Gasteiger partial charge in [-0.25, -0.2) is 15.0 Å². The summed E-state index contributed by atoms with van der Waals surface area (Å²) < 4.78 is 35.3. The van der Waals surface area contributed by atoms with Crippen LogP contribution < -0.4 is 36.0 Å². The van der Waals surface area contributed by atoms with Gasteiger partial charge in [0.25, 0.3) is 0 Å². The van der Waals surface area contributed by atoms with Gasteiger partial charge in [0.05, 0.1) is 79.2 Å². The first-order chi connectivity index (χ1) is 56.4.